The van der Waals surface area contributed by atoms with Crippen molar-refractivity contribution < 1.29 is 22.8 Å². The SMILES string of the molecule is O=C1c2ccccc2C(F)(F)C(=O)N1Cc1ncc(-c2cccs2)o1. The maximum Gasteiger partial charge on any atom is 0.351 e. The molecular formula is C17H10F2N2O3S. The number of thiophene rings is 1. The molecule has 3 aromatic rings. The predicted octanol–water partition coefficient (Wildman–Crippen LogP) is 3.68. The third kappa shape index (κ3) is 2.45. The highest BCUT2D eigenvalue weighted by atomic mass is 32.1. The Bertz CT molecular complexity index is 966. The van der Waals surface area contributed by atoms with Gasteiger partial charge in [-0.05, 0) is 17.5 Å². The van der Waals surface area contributed by atoms with Crippen LogP contribution in [-0.4, -0.2) is 21.7 Å². The van der Waals surface area contributed by atoms with Gasteiger partial charge in [-0.3, -0.25) is 14.5 Å². The lowest BCUT2D eigenvalue weighted by molar-refractivity contribution is -0.158. The highest BCUT2D eigenvalue weighted by molar-refractivity contribution is 7.13. The van der Waals surface area contributed by atoms with E-state index in [1.165, 1.54) is 35.7 Å². The van der Waals surface area contributed by atoms with E-state index in [0.29, 0.717) is 10.7 Å². The van der Waals surface area contributed by atoms with Gasteiger partial charge < -0.3 is 4.42 Å². The van der Waals surface area contributed by atoms with E-state index in [2.05, 4.69) is 4.98 Å². The molecule has 0 saturated heterocycles. The van der Waals surface area contributed by atoms with Crippen LogP contribution in [0.2, 0.25) is 0 Å². The Balaban J connectivity index is 1.67. The third-order valence-electron chi connectivity index (χ3n) is 3.87. The van der Waals surface area contributed by atoms with Gasteiger partial charge in [0.1, 0.15) is 6.54 Å². The zero-order chi connectivity index (χ0) is 17.6. The molecule has 3 heterocycles. The molecular weight excluding hydrogens is 350 g/mol. The summed E-state index contributed by atoms with van der Waals surface area (Å²) in [6.07, 6.45) is 1.44. The zero-order valence-electron chi connectivity index (χ0n) is 12.6. The average Bonchev–Trinajstić information content (AvgIpc) is 3.28. The van der Waals surface area contributed by atoms with Crippen LogP contribution in [0, 0.1) is 0 Å². The summed E-state index contributed by atoms with van der Waals surface area (Å²) in [6.45, 7) is -0.451. The third-order valence-corrected chi connectivity index (χ3v) is 4.75. The molecule has 126 valence electrons. The molecule has 0 atom stereocenters. The van der Waals surface area contributed by atoms with Crippen LogP contribution in [0.25, 0.3) is 10.6 Å². The van der Waals surface area contributed by atoms with Gasteiger partial charge in [-0.2, -0.15) is 8.78 Å². The van der Waals surface area contributed by atoms with Crippen LogP contribution < -0.4 is 0 Å². The van der Waals surface area contributed by atoms with Crippen LogP contribution in [0.4, 0.5) is 8.78 Å². The van der Waals surface area contributed by atoms with Crippen molar-refractivity contribution in [2.45, 2.75) is 12.5 Å². The number of rotatable bonds is 3. The van der Waals surface area contributed by atoms with Gasteiger partial charge in [0.2, 0.25) is 5.89 Å². The molecule has 1 aliphatic rings. The number of oxazole rings is 1. The number of alkyl halides is 2. The summed E-state index contributed by atoms with van der Waals surface area (Å²) < 4.78 is 34.2. The van der Waals surface area contributed by atoms with E-state index in [1.807, 2.05) is 17.5 Å². The number of halogens is 2. The molecule has 0 fully saturated rings. The fraction of sp³-hybridized carbons (Fsp3) is 0.118. The Hall–Kier alpha value is -2.87. The van der Waals surface area contributed by atoms with Gasteiger partial charge in [-0.25, -0.2) is 4.98 Å². The quantitative estimate of drug-likeness (QED) is 0.669. The first-order chi connectivity index (χ1) is 12.0. The molecule has 0 unspecified atom stereocenters. The van der Waals surface area contributed by atoms with Crippen molar-refractivity contribution >= 4 is 23.2 Å². The number of carbonyl (C=O) groups excluding carboxylic acids is 2. The van der Waals surface area contributed by atoms with Gasteiger partial charge in [0, 0.05) is 11.1 Å². The van der Waals surface area contributed by atoms with E-state index >= 15 is 0 Å². The Labute approximate surface area is 144 Å². The van der Waals surface area contributed by atoms with Crippen molar-refractivity contribution in [1.29, 1.82) is 0 Å². The highest BCUT2D eigenvalue weighted by Crippen LogP contribution is 2.38. The van der Waals surface area contributed by atoms with Crippen LogP contribution >= 0.6 is 11.3 Å². The fourth-order valence-electron chi connectivity index (χ4n) is 2.66. The number of fused-ring (bicyclic) bond motifs is 1. The van der Waals surface area contributed by atoms with E-state index in [-0.39, 0.29) is 11.5 Å². The maximum atomic E-state index is 14.4. The molecule has 0 radical (unpaired) electrons. The molecule has 2 amide bonds. The Morgan fingerprint density at radius 1 is 1.16 bits per heavy atom. The summed E-state index contributed by atoms with van der Waals surface area (Å²) in [6, 6.07) is 8.85. The summed E-state index contributed by atoms with van der Waals surface area (Å²) in [7, 11) is 0. The number of hydrogen-bond donors (Lipinski definition) is 0. The molecule has 4 rings (SSSR count). The number of nitrogens with zero attached hydrogens (tertiary/aromatic N) is 2. The highest BCUT2D eigenvalue weighted by Gasteiger charge is 2.52. The number of aromatic nitrogens is 1. The second-order valence-electron chi connectivity index (χ2n) is 5.41. The van der Waals surface area contributed by atoms with Crippen molar-refractivity contribution in [3.8, 4) is 10.6 Å². The van der Waals surface area contributed by atoms with Crippen LogP contribution in [0.15, 0.2) is 52.4 Å². The molecule has 0 bridgehead atoms. The molecule has 0 saturated carbocycles. The van der Waals surface area contributed by atoms with Gasteiger partial charge in [0.25, 0.3) is 5.91 Å². The van der Waals surface area contributed by atoms with Gasteiger partial charge in [-0.1, -0.05) is 24.3 Å². The Morgan fingerprint density at radius 2 is 1.96 bits per heavy atom. The molecule has 5 nitrogen and oxygen atoms in total. The van der Waals surface area contributed by atoms with Crippen molar-refractivity contribution in [3.05, 3.63) is 65.0 Å². The lowest BCUT2D eigenvalue weighted by atomic mass is 9.95. The lowest BCUT2D eigenvalue weighted by Gasteiger charge is -2.31. The Morgan fingerprint density at radius 3 is 2.72 bits per heavy atom. The summed E-state index contributed by atoms with van der Waals surface area (Å²) in [4.78, 5) is 29.9. The summed E-state index contributed by atoms with van der Waals surface area (Å²) in [5, 5.41) is 1.85. The van der Waals surface area contributed by atoms with Crippen molar-refractivity contribution in [2.75, 3.05) is 0 Å². The van der Waals surface area contributed by atoms with Crippen LogP contribution in [-0.2, 0) is 17.3 Å². The normalized spacial score (nSPS) is 16.2. The minimum atomic E-state index is -3.77. The predicted molar refractivity (Wildman–Crippen MR) is 85.0 cm³/mol. The molecule has 0 aliphatic carbocycles. The Kier molecular flexibility index (Phi) is 3.50. The first-order valence-electron chi connectivity index (χ1n) is 7.30. The molecule has 25 heavy (non-hydrogen) atoms. The molecule has 0 N–H and O–H groups in total. The number of imide groups is 1. The number of amides is 2. The summed E-state index contributed by atoms with van der Waals surface area (Å²) in [5.74, 6) is -5.67. The van der Waals surface area contributed by atoms with Crippen molar-refractivity contribution in [3.63, 3.8) is 0 Å². The lowest BCUT2D eigenvalue weighted by Crippen LogP contribution is -2.50. The standard InChI is InChI=1S/C17H10F2N2O3S/c18-17(19)11-5-2-1-4-10(11)15(22)21(16(17)23)9-14-20-8-12(24-14)13-6-3-7-25-13/h1-8H,9H2. The topological polar surface area (TPSA) is 63.4 Å². The van der Waals surface area contributed by atoms with Crippen LogP contribution in [0.5, 0.6) is 0 Å². The minimum absolute atomic E-state index is 0.0141. The van der Waals surface area contributed by atoms with Gasteiger partial charge in [-0.15, -0.1) is 11.3 Å². The fourth-order valence-corrected chi connectivity index (χ4v) is 3.33. The molecule has 2 aromatic heterocycles. The van der Waals surface area contributed by atoms with Crippen LogP contribution in [0.3, 0.4) is 0 Å². The number of carbonyl (C=O) groups is 2. The van der Waals surface area contributed by atoms with E-state index in [0.717, 1.165) is 10.9 Å². The first kappa shape index (κ1) is 15.6. The van der Waals surface area contributed by atoms with Gasteiger partial charge in [0.05, 0.1) is 11.1 Å². The second-order valence-corrected chi connectivity index (χ2v) is 6.36. The zero-order valence-corrected chi connectivity index (χ0v) is 13.4. The minimum Gasteiger partial charge on any atom is -0.438 e. The number of hydrogen-bond acceptors (Lipinski definition) is 5. The van der Waals surface area contributed by atoms with E-state index in [4.69, 9.17) is 4.42 Å². The van der Waals surface area contributed by atoms with E-state index < -0.39 is 29.8 Å². The van der Waals surface area contributed by atoms with Gasteiger partial charge in [0.15, 0.2) is 5.76 Å². The van der Waals surface area contributed by atoms with Crippen molar-refractivity contribution in [1.82, 2.24) is 9.88 Å². The number of benzene rings is 1. The summed E-state index contributed by atoms with van der Waals surface area (Å²) >= 11 is 1.43. The average molecular weight is 360 g/mol. The monoisotopic (exact) mass is 360 g/mol. The summed E-state index contributed by atoms with van der Waals surface area (Å²) in [5.41, 5.74) is -0.773. The molecule has 8 heteroatoms. The maximum absolute atomic E-state index is 14.4. The van der Waals surface area contributed by atoms with E-state index in [1.54, 1.807) is 0 Å². The molecule has 1 aliphatic heterocycles. The van der Waals surface area contributed by atoms with Crippen LogP contribution in [0.1, 0.15) is 21.8 Å². The smallest absolute Gasteiger partial charge is 0.351 e. The van der Waals surface area contributed by atoms with Gasteiger partial charge >= 0.3 is 11.8 Å². The largest absolute Gasteiger partial charge is 0.438 e. The second kappa shape index (κ2) is 5.59. The van der Waals surface area contributed by atoms with Crippen molar-refractivity contribution in [2.24, 2.45) is 0 Å². The molecule has 1 aromatic carbocycles. The first-order valence-corrected chi connectivity index (χ1v) is 8.18. The van der Waals surface area contributed by atoms with E-state index in [9.17, 15) is 18.4 Å². The molecule has 0 spiro atoms.